The third kappa shape index (κ3) is 6.26. The second-order valence-electron chi connectivity index (χ2n) is 5.23. The van der Waals surface area contributed by atoms with Crippen molar-refractivity contribution >= 4 is 5.78 Å². The average molecular weight is 225 g/mol. The zero-order chi connectivity index (χ0) is 11.8. The van der Waals surface area contributed by atoms with Gasteiger partial charge in [-0.05, 0) is 31.2 Å². The second-order valence-corrected chi connectivity index (χ2v) is 5.23. The molecular formula is C14H27NO. The first kappa shape index (κ1) is 13.7. The van der Waals surface area contributed by atoms with Crippen LogP contribution in [0.4, 0.5) is 0 Å². The fourth-order valence-corrected chi connectivity index (χ4v) is 2.08. The predicted molar refractivity (Wildman–Crippen MR) is 68.5 cm³/mol. The van der Waals surface area contributed by atoms with Crippen molar-refractivity contribution in [2.75, 3.05) is 13.1 Å². The van der Waals surface area contributed by atoms with Crippen LogP contribution >= 0.6 is 0 Å². The van der Waals surface area contributed by atoms with Crippen molar-refractivity contribution in [3.8, 4) is 0 Å². The van der Waals surface area contributed by atoms with Crippen LogP contribution < -0.4 is 5.32 Å². The summed E-state index contributed by atoms with van der Waals surface area (Å²) in [6.45, 7) is 6.06. The van der Waals surface area contributed by atoms with Crippen molar-refractivity contribution < 1.29 is 4.79 Å². The topological polar surface area (TPSA) is 29.1 Å². The number of hydrogen-bond acceptors (Lipinski definition) is 2. The van der Waals surface area contributed by atoms with Gasteiger partial charge in [0.1, 0.15) is 5.78 Å². The molecule has 1 aliphatic carbocycles. The van der Waals surface area contributed by atoms with Gasteiger partial charge in [-0.3, -0.25) is 4.79 Å². The van der Waals surface area contributed by atoms with E-state index in [-0.39, 0.29) is 0 Å². The van der Waals surface area contributed by atoms with Gasteiger partial charge in [0.05, 0.1) is 6.54 Å². The zero-order valence-electron chi connectivity index (χ0n) is 10.9. The smallest absolute Gasteiger partial charge is 0.146 e. The minimum atomic E-state index is 0.406. The van der Waals surface area contributed by atoms with E-state index in [0.717, 1.165) is 25.3 Å². The Kier molecular flexibility index (Phi) is 6.70. The van der Waals surface area contributed by atoms with Crippen LogP contribution in [0.2, 0.25) is 0 Å². The van der Waals surface area contributed by atoms with Crippen LogP contribution in [0, 0.1) is 11.8 Å². The van der Waals surface area contributed by atoms with Crippen molar-refractivity contribution in [1.29, 1.82) is 0 Å². The van der Waals surface area contributed by atoms with Gasteiger partial charge >= 0.3 is 0 Å². The fraction of sp³-hybridized carbons (Fsp3) is 0.929. The van der Waals surface area contributed by atoms with Crippen molar-refractivity contribution in [3.63, 3.8) is 0 Å². The summed E-state index contributed by atoms with van der Waals surface area (Å²) in [5, 5.41) is 3.28. The van der Waals surface area contributed by atoms with Crippen LogP contribution in [-0.4, -0.2) is 18.9 Å². The van der Waals surface area contributed by atoms with E-state index in [1.165, 1.54) is 32.1 Å². The Labute approximate surface area is 100 Å². The third-order valence-corrected chi connectivity index (χ3v) is 3.51. The third-order valence-electron chi connectivity index (χ3n) is 3.51. The minimum Gasteiger partial charge on any atom is -0.310 e. The molecule has 2 heteroatoms. The van der Waals surface area contributed by atoms with Crippen molar-refractivity contribution in [1.82, 2.24) is 5.32 Å². The van der Waals surface area contributed by atoms with Gasteiger partial charge in [0.15, 0.2) is 0 Å². The van der Waals surface area contributed by atoms with Crippen LogP contribution in [0.25, 0.3) is 0 Å². The van der Waals surface area contributed by atoms with Gasteiger partial charge in [-0.1, -0.05) is 39.5 Å². The lowest BCUT2D eigenvalue weighted by Gasteiger charge is -2.13. The molecule has 0 heterocycles. The maximum absolute atomic E-state index is 11.7. The Morgan fingerprint density at radius 2 is 2.12 bits per heavy atom. The molecule has 1 aliphatic rings. The molecule has 0 aromatic rings. The number of carbonyl (C=O) groups excluding carboxylic acids is 1. The highest BCUT2D eigenvalue weighted by atomic mass is 16.1. The molecule has 1 rings (SSSR count). The predicted octanol–water partition coefficient (Wildman–Crippen LogP) is 3.16. The molecule has 2 nitrogen and oxygen atoms in total. The summed E-state index contributed by atoms with van der Waals surface area (Å²) in [6.07, 6.45) is 8.38. The molecule has 0 spiro atoms. The molecule has 0 bridgehead atoms. The molecule has 0 radical (unpaired) electrons. The van der Waals surface area contributed by atoms with E-state index in [2.05, 4.69) is 19.2 Å². The normalized spacial score (nSPS) is 17.4. The first-order valence-corrected chi connectivity index (χ1v) is 6.98. The lowest BCUT2D eigenvalue weighted by molar-refractivity contribution is -0.119. The monoisotopic (exact) mass is 225 g/mol. The Morgan fingerprint density at radius 3 is 2.69 bits per heavy atom. The van der Waals surface area contributed by atoms with Crippen molar-refractivity contribution in [2.45, 2.75) is 58.8 Å². The Bertz CT molecular complexity index is 199. The van der Waals surface area contributed by atoms with E-state index >= 15 is 0 Å². The van der Waals surface area contributed by atoms with Gasteiger partial charge < -0.3 is 5.32 Å². The average Bonchev–Trinajstić information content (AvgIpc) is 3.08. The highest BCUT2D eigenvalue weighted by molar-refractivity contribution is 5.80. The fourth-order valence-electron chi connectivity index (χ4n) is 2.08. The van der Waals surface area contributed by atoms with E-state index in [1.807, 2.05) is 0 Å². The lowest BCUT2D eigenvalue weighted by atomic mass is 9.94. The molecule has 0 aliphatic heterocycles. The number of rotatable bonds is 10. The number of ketones is 1. The molecule has 1 N–H and O–H groups in total. The summed E-state index contributed by atoms with van der Waals surface area (Å²) in [6, 6.07) is 0. The van der Waals surface area contributed by atoms with Gasteiger partial charge in [0, 0.05) is 6.42 Å². The molecule has 1 unspecified atom stereocenters. The van der Waals surface area contributed by atoms with Gasteiger partial charge in [0.25, 0.3) is 0 Å². The Morgan fingerprint density at radius 1 is 1.38 bits per heavy atom. The van der Waals surface area contributed by atoms with Gasteiger partial charge in [-0.2, -0.15) is 0 Å². The quantitative estimate of drug-likeness (QED) is 0.619. The zero-order valence-corrected chi connectivity index (χ0v) is 10.9. The summed E-state index contributed by atoms with van der Waals surface area (Å²) in [4.78, 5) is 11.7. The number of Topliss-reactive ketones (excluding diaryl/α,β-unsaturated/α-hetero) is 1. The molecule has 0 amide bonds. The van der Waals surface area contributed by atoms with Crippen LogP contribution in [0.3, 0.4) is 0 Å². The van der Waals surface area contributed by atoms with Gasteiger partial charge in [-0.25, -0.2) is 0 Å². The van der Waals surface area contributed by atoms with E-state index in [4.69, 9.17) is 0 Å². The standard InChI is InChI=1S/C14H27NO/c1-3-5-6-12(4-2)9-14(16)11-15-10-13-7-8-13/h12-13,15H,3-11H2,1-2H3. The van der Waals surface area contributed by atoms with Crippen molar-refractivity contribution in [2.24, 2.45) is 11.8 Å². The summed E-state index contributed by atoms with van der Waals surface area (Å²) in [7, 11) is 0. The number of nitrogens with one attached hydrogen (secondary N) is 1. The summed E-state index contributed by atoms with van der Waals surface area (Å²) >= 11 is 0. The van der Waals surface area contributed by atoms with E-state index in [0.29, 0.717) is 18.2 Å². The molecular weight excluding hydrogens is 198 g/mol. The maximum atomic E-state index is 11.7. The molecule has 0 aromatic heterocycles. The number of hydrogen-bond donors (Lipinski definition) is 1. The molecule has 16 heavy (non-hydrogen) atoms. The van der Waals surface area contributed by atoms with E-state index in [9.17, 15) is 4.79 Å². The lowest BCUT2D eigenvalue weighted by Crippen LogP contribution is -2.26. The van der Waals surface area contributed by atoms with Gasteiger partial charge in [-0.15, -0.1) is 0 Å². The van der Waals surface area contributed by atoms with E-state index < -0.39 is 0 Å². The summed E-state index contributed by atoms with van der Waals surface area (Å²) < 4.78 is 0. The largest absolute Gasteiger partial charge is 0.310 e. The molecule has 94 valence electrons. The molecule has 1 atom stereocenters. The van der Waals surface area contributed by atoms with Crippen LogP contribution in [0.5, 0.6) is 0 Å². The molecule has 0 aromatic carbocycles. The summed E-state index contributed by atoms with van der Waals surface area (Å²) in [5.74, 6) is 1.90. The molecule has 1 fully saturated rings. The van der Waals surface area contributed by atoms with Crippen LogP contribution in [0.15, 0.2) is 0 Å². The first-order valence-electron chi connectivity index (χ1n) is 6.98. The van der Waals surface area contributed by atoms with Gasteiger partial charge in [0.2, 0.25) is 0 Å². The second kappa shape index (κ2) is 7.83. The SMILES string of the molecule is CCCCC(CC)CC(=O)CNCC1CC1. The highest BCUT2D eigenvalue weighted by Crippen LogP contribution is 2.27. The number of unbranched alkanes of at least 4 members (excludes halogenated alkanes) is 1. The minimum absolute atomic E-state index is 0.406. The highest BCUT2D eigenvalue weighted by Gasteiger charge is 2.20. The first-order chi connectivity index (χ1) is 7.76. The summed E-state index contributed by atoms with van der Waals surface area (Å²) in [5.41, 5.74) is 0. The Balaban J connectivity index is 2.04. The van der Waals surface area contributed by atoms with Crippen molar-refractivity contribution in [3.05, 3.63) is 0 Å². The molecule has 0 saturated heterocycles. The van der Waals surface area contributed by atoms with Crippen LogP contribution in [0.1, 0.15) is 58.8 Å². The number of carbonyl (C=O) groups is 1. The molecule has 1 saturated carbocycles. The van der Waals surface area contributed by atoms with E-state index in [1.54, 1.807) is 0 Å². The van der Waals surface area contributed by atoms with Crippen LogP contribution in [-0.2, 0) is 4.79 Å². The Hall–Kier alpha value is -0.370. The maximum Gasteiger partial charge on any atom is 0.146 e.